The molecule has 10 atom stereocenters. The van der Waals surface area contributed by atoms with Gasteiger partial charge in [-0.25, -0.2) is 0 Å². The van der Waals surface area contributed by atoms with Crippen LogP contribution >= 0.6 is 0 Å². The molecule has 18 nitrogen and oxygen atoms in total. The predicted octanol–water partition coefficient (Wildman–Crippen LogP) is 3.16. The van der Waals surface area contributed by atoms with Crippen molar-refractivity contribution in [3.05, 3.63) is 82.9 Å². The van der Waals surface area contributed by atoms with Gasteiger partial charge in [-0.15, -0.1) is 0 Å². The summed E-state index contributed by atoms with van der Waals surface area (Å²) >= 11 is 0. The Morgan fingerprint density at radius 2 is 0.932 bits per heavy atom. The third-order valence-electron chi connectivity index (χ3n) is 15.1. The van der Waals surface area contributed by atoms with Gasteiger partial charge in [-0.1, -0.05) is 102 Å². The number of fused-ring (bicyclic) bond motifs is 2. The molecule has 2 fully saturated rings. The fourth-order valence-corrected chi connectivity index (χ4v) is 10.6. The molecule has 8 amide bonds. The molecule has 404 valence electrons. The summed E-state index contributed by atoms with van der Waals surface area (Å²) in [6.45, 7) is 14.6. The van der Waals surface area contributed by atoms with Crippen LogP contribution in [-0.4, -0.2) is 133 Å². The van der Waals surface area contributed by atoms with E-state index in [1.807, 2.05) is 77.9 Å². The Balaban J connectivity index is 1.10. The Kier molecular flexibility index (Phi) is 19.2. The fourth-order valence-electron chi connectivity index (χ4n) is 10.6. The number of amides is 8. The van der Waals surface area contributed by atoms with Gasteiger partial charge in [0.05, 0.1) is 24.2 Å². The molecule has 2 aliphatic carbocycles. The molecule has 18 heteroatoms. The van der Waals surface area contributed by atoms with Gasteiger partial charge >= 0.3 is 0 Å². The molecule has 2 aromatic rings. The van der Waals surface area contributed by atoms with Gasteiger partial charge in [0.25, 0.3) is 0 Å². The number of aryl methyl sites for hydroxylation is 2. The number of nitrogens with zero attached hydrogens (tertiary/aromatic N) is 2. The van der Waals surface area contributed by atoms with Crippen LogP contribution in [0.1, 0.15) is 141 Å². The highest BCUT2D eigenvalue weighted by molar-refractivity contribution is 5.95. The first-order valence-corrected chi connectivity index (χ1v) is 26.6. The highest BCUT2D eigenvalue weighted by atomic mass is 16.2. The van der Waals surface area contributed by atoms with Gasteiger partial charge in [-0.3, -0.25) is 38.4 Å². The highest BCUT2D eigenvalue weighted by Gasteiger charge is 2.48. The summed E-state index contributed by atoms with van der Waals surface area (Å²) in [7, 11) is 3.31. The number of nitrogens with one attached hydrogen (secondary N) is 8. The molecule has 0 saturated carbocycles. The average molecular weight is 1020 g/mol. The SMILES string of the molecule is CN[C@@H](C)C(=O)N[C@H](C(=O)N1C[C@@H](NC(=O)CC=CCC(=O)N[C@H]2C[C@@H](C(=O)N[C@@H]3CCCc4ccccc43)N(C(=O)[C@@H](NC(=O)[C@H](C)NC)C(C)(C)C)C2)C[C@H]1C(=O)N[C@@H]1CCCc2ccccc21)C(C)(C)C. The zero-order chi connectivity index (χ0) is 54.1. The molecular weight excluding hydrogens is 941 g/mol. The first-order chi connectivity index (χ1) is 35.0. The summed E-state index contributed by atoms with van der Waals surface area (Å²) < 4.78 is 0. The van der Waals surface area contributed by atoms with Crippen molar-refractivity contribution in [2.75, 3.05) is 27.2 Å². The lowest BCUT2D eigenvalue weighted by Gasteiger charge is -2.36. The van der Waals surface area contributed by atoms with Crippen molar-refractivity contribution in [1.29, 1.82) is 0 Å². The zero-order valence-corrected chi connectivity index (χ0v) is 45.2. The molecule has 4 aliphatic rings. The highest BCUT2D eigenvalue weighted by Crippen LogP contribution is 2.34. The first-order valence-electron chi connectivity index (χ1n) is 26.6. The van der Waals surface area contributed by atoms with E-state index < -0.39 is 71.0 Å². The second-order valence-corrected chi connectivity index (χ2v) is 22.8. The van der Waals surface area contributed by atoms with Crippen LogP contribution in [0.2, 0.25) is 0 Å². The summed E-state index contributed by atoms with van der Waals surface area (Å²) in [5.41, 5.74) is 3.02. The van der Waals surface area contributed by atoms with Crippen LogP contribution in [0.15, 0.2) is 60.7 Å². The molecule has 2 heterocycles. The van der Waals surface area contributed by atoms with Crippen molar-refractivity contribution < 1.29 is 38.4 Å². The number of benzene rings is 2. The quantitative estimate of drug-likeness (QED) is 0.102. The third kappa shape index (κ3) is 14.4. The summed E-state index contributed by atoms with van der Waals surface area (Å²) in [5, 5.41) is 24.1. The van der Waals surface area contributed by atoms with E-state index in [0.717, 1.165) is 49.7 Å². The van der Waals surface area contributed by atoms with E-state index in [1.54, 1.807) is 40.1 Å². The number of hydrogen-bond acceptors (Lipinski definition) is 10. The van der Waals surface area contributed by atoms with Gasteiger partial charge in [0, 0.05) is 38.0 Å². The first kappa shape index (κ1) is 57.1. The lowest BCUT2D eigenvalue weighted by molar-refractivity contribution is -0.144. The second kappa shape index (κ2) is 24.9. The Hall–Kier alpha value is -6.14. The maximum Gasteiger partial charge on any atom is 0.246 e. The molecule has 2 saturated heterocycles. The van der Waals surface area contributed by atoms with Crippen molar-refractivity contribution in [2.45, 2.75) is 180 Å². The van der Waals surface area contributed by atoms with Crippen molar-refractivity contribution >= 4 is 47.3 Å². The minimum Gasteiger partial charge on any atom is -0.351 e. The van der Waals surface area contributed by atoms with Crippen LogP contribution < -0.4 is 42.5 Å². The normalized spacial score (nSPS) is 23.3. The molecule has 6 rings (SSSR count). The smallest absolute Gasteiger partial charge is 0.246 e. The summed E-state index contributed by atoms with van der Waals surface area (Å²) in [4.78, 5) is 114. The van der Waals surface area contributed by atoms with Crippen LogP contribution in [0, 0.1) is 10.8 Å². The van der Waals surface area contributed by atoms with Gasteiger partial charge < -0.3 is 52.3 Å². The number of hydrogen-bond donors (Lipinski definition) is 8. The lowest BCUT2D eigenvalue weighted by atomic mass is 9.85. The van der Waals surface area contributed by atoms with Crippen LogP contribution in [-0.2, 0) is 51.2 Å². The Bertz CT molecular complexity index is 2250. The van der Waals surface area contributed by atoms with Crippen LogP contribution in [0.4, 0.5) is 0 Å². The zero-order valence-electron chi connectivity index (χ0n) is 45.2. The monoisotopic (exact) mass is 1020 g/mol. The van der Waals surface area contributed by atoms with E-state index in [9.17, 15) is 38.4 Å². The van der Waals surface area contributed by atoms with Gasteiger partial charge in [0.1, 0.15) is 24.2 Å². The topological polar surface area (TPSA) is 239 Å². The largest absolute Gasteiger partial charge is 0.351 e. The van der Waals surface area contributed by atoms with E-state index in [2.05, 4.69) is 54.7 Å². The number of rotatable bonds is 18. The molecule has 0 unspecified atom stereocenters. The van der Waals surface area contributed by atoms with Crippen molar-refractivity contribution in [1.82, 2.24) is 52.3 Å². The van der Waals surface area contributed by atoms with Gasteiger partial charge in [0.15, 0.2) is 0 Å². The molecular formula is C56H82N10O8. The number of likely N-dealkylation sites (N-methyl/N-ethyl adjacent to an activating group) is 2. The molecule has 74 heavy (non-hydrogen) atoms. The van der Waals surface area contributed by atoms with Gasteiger partial charge in [0.2, 0.25) is 47.3 Å². The fraction of sp³-hybridized carbons (Fsp3) is 0.607. The molecule has 8 N–H and O–H groups in total. The van der Waals surface area contributed by atoms with Gasteiger partial charge in [-0.05, 0) is 112 Å². The number of carbonyl (C=O) groups is 8. The van der Waals surface area contributed by atoms with Crippen LogP contribution in [0.5, 0.6) is 0 Å². The van der Waals surface area contributed by atoms with Gasteiger partial charge in [-0.2, -0.15) is 0 Å². The minimum absolute atomic E-state index is 0.0475. The summed E-state index contributed by atoms with van der Waals surface area (Å²) in [5.74, 6) is -2.95. The van der Waals surface area contributed by atoms with E-state index in [4.69, 9.17) is 0 Å². The summed E-state index contributed by atoms with van der Waals surface area (Å²) in [6, 6.07) is 9.53. The van der Waals surface area contributed by atoms with E-state index in [0.29, 0.717) is 0 Å². The Morgan fingerprint density at radius 1 is 0.568 bits per heavy atom. The van der Waals surface area contributed by atoms with Crippen molar-refractivity contribution in [3.63, 3.8) is 0 Å². The van der Waals surface area contributed by atoms with Crippen LogP contribution in [0.25, 0.3) is 0 Å². The molecule has 0 aromatic heterocycles. The van der Waals surface area contributed by atoms with E-state index >= 15 is 0 Å². The Morgan fingerprint density at radius 3 is 1.28 bits per heavy atom. The van der Waals surface area contributed by atoms with Crippen LogP contribution in [0.3, 0.4) is 0 Å². The van der Waals surface area contributed by atoms with E-state index in [1.165, 1.54) is 20.9 Å². The summed E-state index contributed by atoms with van der Waals surface area (Å²) in [6.07, 6.45) is 8.45. The number of carbonyl (C=O) groups excluding carboxylic acids is 8. The average Bonchev–Trinajstić information content (AvgIpc) is 3.99. The lowest BCUT2D eigenvalue weighted by Crippen LogP contribution is -2.59. The van der Waals surface area contributed by atoms with E-state index in [-0.39, 0.29) is 86.3 Å². The third-order valence-corrected chi connectivity index (χ3v) is 15.1. The maximum atomic E-state index is 14.5. The number of likely N-dealkylation sites (tertiary alicyclic amines) is 2. The second-order valence-electron chi connectivity index (χ2n) is 22.8. The molecule has 0 spiro atoms. The minimum atomic E-state index is -0.962. The standard InChI is InChI=1S/C56H82N10O8/c1-33(57-9)49(69)63-47(55(3,4)5)53(73)65-31-37(29-43(65)51(71)61-41-25-17-21-35-19-11-13-23-39(35)41)59-45(67)27-15-16-28-46(68)60-38-30-44(52(72)62-42-26-18-22-36-20-12-14-24-40(36)42)66(32-38)54(74)48(56(6,7)8)64-50(70)34(2)58-10/h11-16,19-20,23-24,33-34,37-38,41-44,47-48,57-58H,17-18,21-22,25-32H2,1-10H3,(H,59,67)(H,60,68)(H,61,71)(H,62,72)(H,63,69)(H,64,70)/t33-,34-,37-,38-,41+,42+,43-,44-,47+,48+/m0/s1. The predicted molar refractivity (Wildman–Crippen MR) is 283 cm³/mol. The van der Waals surface area contributed by atoms with Crippen molar-refractivity contribution in [3.8, 4) is 0 Å². The molecule has 0 radical (unpaired) electrons. The van der Waals surface area contributed by atoms with Crippen molar-refractivity contribution in [2.24, 2.45) is 10.8 Å². The molecule has 2 aromatic carbocycles. The maximum absolute atomic E-state index is 14.5. The molecule has 0 bridgehead atoms. The Labute approximate surface area is 437 Å². The molecule has 2 aliphatic heterocycles.